The van der Waals surface area contributed by atoms with E-state index < -0.39 is 24.1 Å². The van der Waals surface area contributed by atoms with Gasteiger partial charge in [-0.05, 0) is 24.6 Å². The molecule has 0 saturated heterocycles. The Morgan fingerprint density at radius 2 is 1.71 bits per heavy atom. The van der Waals surface area contributed by atoms with Crippen LogP contribution in [0.4, 0.5) is 13.2 Å². The van der Waals surface area contributed by atoms with Crippen LogP contribution in [0.5, 0.6) is 0 Å². The largest absolute Gasteiger partial charge is 0.415 e. The summed E-state index contributed by atoms with van der Waals surface area (Å²) in [6.07, 6.45) is -7.49. The third-order valence-corrected chi connectivity index (χ3v) is 3.24. The monoisotopic (exact) mass is 266 g/mol. The summed E-state index contributed by atoms with van der Waals surface area (Å²) in [5, 5.41) is 18.0. The number of hydrogen-bond acceptors (Lipinski definition) is 3. The highest BCUT2D eigenvalue weighted by Gasteiger charge is 2.37. The first-order valence-corrected chi connectivity index (χ1v) is 5.95. The van der Waals surface area contributed by atoms with Gasteiger partial charge in [-0.3, -0.25) is 0 Å². The molecule has 0 bridgehead atoms. The van der Waals surface area contributed by atoms with Gasteiger partial charge in [-0.1, -0.05) is 12.1 Å². The van der Waals surface area contributed by atoms with Gasteiger partial charge in [0.1, 0.15) is 0 Å². The van der Waals surface area contributed by atoms with Gasteiger partial charge in [0.25, 0.3) is 0 Å². The van der Waals surface area contributed by atoms with Gasteiger partial charge >= 0.3 is 6.18 Å². The molecule has 0 aliphatic carbocycles. The second-order valence-electron chi connectivity index (χ2n) is 3.61. The summed E-state index contributed by atoms with van der Waals surface area (Å²) < 4.78 is 36.1. The van der Waals surface area contributed by atoms with Crippen LogP contribution in [0.2, 0.25) is 0 Å². The summed E-state index contributed by atoms with van der Waals surface area (Å²) >= 11 is 0.924. The lowest BCUT2D eigenvalue weighted by molar-refractivity contribution is -0.195. The van der Waals surface area contributed by atoms with Gasteiger partial charge in [-0.25, -0.2) is 0 Å². The van der Waals surface area contributed by atoms with Gasteiger partial charge in [0.05, 0.1) is 6.10 Å². The minimum Gasteiger partial charge on any atom is -0.389 e. The van der Waals surface area contributed by atoms with Crippen LogP contribution >= 0.6 is 11.8 Å². The number of aliphatic hydroxyl groups is 2. The average Bonchev–Trinajstić information content (AvgIpc) is 2.25. The molecule has 0 radical (unpaired) electrons. The van der Waals surface area contributed by atoms with E-state index in [0.29, 0.717) is 10.5 Å². The minimum atomic E-state index is -4.58. The van der Waals surface area contributed by atoms with Gasteiger partial charge in [0, 0.05) is 10.6 Å². The van der Waals surface area contributed by atoms with Crippen molar-refractivity contribution in [3.8, 4) is 0 Å². The number of rotatable bonds is 4. The second-order valence-corrected chi connectivity index (χ2v) is 4.71. The first-order valence-electron chi connectivity index (χ1n) is 4.96. The zero-order chi connectivity index (χ0) is 13.1. The molecule has 1 rings (SSSR count). The van der Waals surface area contributed by atoms with Crippen LogP contribution in [-0.2, 0) is 0 Å². The van der Waals surface area contributed by atoms with Crippen molar-refractivity contribution in [2.45, 2.75) is 30.2 Å². The number of benzene rings is 1. The van der Waals surface area contributed by atoms with Crippen LogP contribution in [0.3, 0.4) is 0 Å². The predicted octanol–water partition coefficient (Wildman–Crippen LogP) is 2.76. The first-order chi connectivity index (χ1) is 7.80. The highest BCUT2D eigenvalue weighted by atomic mass is 32.2. The van der Waals surface area contributed by atoms with E-state index in [0.717, 1.165) is 11.8 Å². The lowest BCUT2D eigenvalue weighted by atomic mass is 10.1. The van der Waals surface area contributed by atoms with Crippen molar-refractivity contribution in [3.05, 3.63) is 29.8 Å². The fourth-order valence-electron chi connectivity index (χ4n) is 1.11. The lowest BCUT2D eigenvalue weighted by Gasteiger charge is -2.14. The summed E-state index contributed by atoms with van der Waals surface area (Å²) in [5.41, 5.74) is 0.700. The van der Waals surface area contributed by atoms with Crippen LogP contribution in [0, 0.1) is 0 Å². The summed E-state index contributed by atoms with van der Waals surface area (Å²) in [4.78, 5) is 0.623. The Kier molecular flexibility index (Phi) is 4.85. The first kappa shape index (κ1) is 14.3. The van der Waals surface area contributed by atoms with Crippen molar-refractivity contribution in [1.29, 1.82) is 0 Å². The van der Waals surface area contributed by atoms with Gasteiger partial charge in [0.2, 0.25) is 0 Å². The van der Waals surface area contributed by atoms with Crippen LogP contribution in [-0.4, -0.2) is 28.2 Å². The maximum Gasteiger partial charge on any atom is 0.415 e. The number of thioether (sulfide) groups is 1. The third-order valence-electron chi connectivity index (χ3n) is 2.15. The molecule has 6 heteroatoms. The maximum atomic E-state index is 12.0. The molecule has 2 nitrogen and oxygen atoms in total. The molecule has 0 saturated carbocycles. The minimum absolute atomic E-state index is 0.433. The van der Waals surface area contributed by atoms with E-state index >= 15 is 0 Å². The SMILES string of the molecule is CC(O)c1ccc(SCC(O)C(F)(F)F)cc1. The predicted molar refractivity (Wildman–Crippen MR) is 59.9 cm³/mol. The Morgan fingerprint density at radius 1 is 1.18 bits per heavy atom. The van der Waals surface area contributed by atoms with E-state index in [1.165, 1.54) is 0 Å². The molecule has 0 heterocycles. The summed E-state index contributed by atoms with van der Waals surface area (Å²) in [5.74, 6) is -0.433. The molecule has 0 fully saturated rings. The molecule has 2 N–H and O–H groups in total. The van der Waals surface area contributed by atoms with Crippen molar-refractivity contribution in [3.63, 3.8) is 0 Å². The molecule has 1 aromatic rings. The molecule has 0 aromatic heterocycles. The van der Waals surface area contributed by atoms with Crippen LogP contribution < -0.4 is 0 Å². The van der Waals surface area contributed by atoms with Gasteiger partial charge in [0.15, 0.2) is 6.10 Å². The van der Waals surface area contributed by atoms with Crippen LogP contribution in [0.25, 0.3) is 0 Å². The van der Waals surface area contributed by atoms with E-state index in [4.69, 9.17) is 5.11 Å². The van der Waals surface area contributed by atoms with E-state index in [-0.39, 0.29) is 0 Å². The van der Waals surface area contributed by atoms with Crippen molar-refractivity contribution >= 4 is 11.8 Å². The Bertz CT molecular complexity index is 349. The summed E-state index contributed by atoms with van der Waals surface area (Å²) in [6.45, 7) is 1.61. The number of hydrogen-bond donors (Lipinski definition) is 2. The fraction of sp³-hybridized carbons (Fsp3) is 0.455. The van der Waals surface area contributed by atoms with E-state index in [1.807, 2.05) is 0 Å². The lowest BCUT2D eigenvalue weighted by Crippen LogP contribution is -2.30. The quantitative estimate of drug-likeness (QED) is 0.823. The molecular weight excluding hydrogens is 253 g/mol. The molecule has 2 atom stereocenters. The van der Waals surface area contributed by atoms with Crippen LogP contribution in [0.1, 0.15) is 18.6 Å². The van der Waals surface area contributed by atoms with Crippen LogP contribution in [0.15, 0.2) is 29.2 Å². The molecule has 0 aliphatic heterocycles. The molecule has 1 aromatic carbocycles. The van der Waals surface area contributed by atoms with Crippen molar-refractivity contribution in [2.24, 2.45) is 0 Å². The van der Waals surface area contributed by atoms with E-state index in [1.54, 1.807) is 31.2 Å². The zero-order valence-corrected chi connectivity index (χ0v) is 9.92. The molecule has 0 aliphatic rings. The molecule has 2 unspecified atom stereocenters. The van der Waals surface area contributed by atoms with Gasteiger partial charge < -0.3 is 10.2 Å². The normalized spacial score (nSPS) is 15.6. The third kappa shape index (κ3) is 4.57. The molecular formula is C11H13F3O2S. The topological polar surface area (TPSA) is 40.5 Å². The van der Waals surface area contributed by atoms with E-state index in [2.05, 4.69) is 0 Å². The van der Waals surface area contributed by atoms with Gasteiger partial charge in [-0.2, -0.15) is 13.2 Å². The van der Waals surface area contributed by atoms with Gasteiger partial charge in [-0.15, -0.1) is 11.8 Å². The Hall–Kier alpha value is -0.720. The molecule has 0 amide bonds. The molecule has 0 spiro atoms. The fourth-order valence-corrected chi connectivity index (χ4v) is 1.98. The second kappa shape index (κ2) is 5.75. The molecule has 96 valence electrons. The van der Waals surface area contributed by atoms with Crippen molar-refractivity contribution < 1.29 is 23.4 Å². The zero-order valence-electron chi connectivity index (χ0n) is 9.11. The van der Waals surface area contributed by atoms with Crippen molar-refractivity contribution in [2.75, 3.05) is 5.75 Å². The van der Waals surface area contributed by atoms with E-state index in [9.17, 15) is 18.3 Å². The Morgan fingerprint density at radius 3 is 2.12 bits per heavy atom. The highest BCUT2D eigenvalue weighted by Crippen LogP contribution is 2.27. The maximum absolute atomic E-state index is 12.0. The smallest absolute Gasteiger partial charge is 0.389 e. The Labute approximate surface area is 101 Å². The van der Waals surface area contributed by atoms with Crippen molar-refractivity contribution in [1.82, 2.24) is 0 Å². The number of alkyl halides is 3. The molecule has 17 heavy (non-hydrogen) atoms. The average molecular weight is 266 g/mol. The summed E-state index contributed by atoms with van der Waals surface area (Å²) in [6, 6.07) is 6.53. The number of halogens is 3. The Balaban J connectivity index is 2.53. The number of aliphatic hydroxyl groups excluding tert-OH is 2. The summed E-state index contributed by atoms with van der Waals surface area (Å²) in [7, 11) is 0. The standard InChI is InChI=1S/C11H13F3O2S/c1-7(15)8-2-4-9(5-3-8)17-6-10(16)11(12,13)14/h2-5,7,10,15-16H,6H2,1H3. The highest BCUT2D eigenvalue weighted by molar-refractivity contribution is 7.99.